The number of sulfone groups is 1. The van der Waals surface area contributed by atoms with E-state index >= 15 is 0 Å². The zero-order chi connectivity index (χ0) is 20.0. The van der Waals surface area contributed by atoms with Crippen molar-refractivity contribution in [3.05, 3.63) is 64.2 Å². The largest absolute Gasteiger partial charge is 0.357 e. The molecule has 0 amide bonds. The van der Waals surface area contributed by atoms with Crippen LogP contribution in [0.4, 0.5) is 0 Å². The van der Waals surface area contributed by atoms with Gasteiger partial charge in [-0.2, -0.15) is 0 Å². The summed E-state index contributed by atoms with van der Waals surface area (Å²) in [5, 5.41) is 6.61. The zero-order valence-corrected chi connectivity index (χ0v) is 17.6. The van der Waals surface area contributed by atoms with Crippen molar-refractivity contribution in [3.8, 4) is 0 Å². The molecule has 0 heterocycles. The Labute approximate surface area is 162 Å². The summed E-state index contributed by atoms with van der Waals surface area (Å²) in [5.41, 5.74) is 5.47. The maximum Gasteiger partial charge on any atom is 0.191 e. The van der Waals surface area contributed by atoms with Gasteiger partial charge in [0.1, 0.15) is 0 Å². The Balaban J connectivity index is 2.10. The highest BCUT2D eigenvalue weighted by Crippen LogP contribution is 2.17. The Bertz CT molecular complexity index is 934. The van der Waals surface area contributed by atoms with E-state index in [4.69, 9.17) is 0 Å². The van der Waals surface area contributed by atoms with Gasteiger partial charge in [0, 0.05) is 19.3 Å². The molecule has 0 fully saturated rings. The van der Waals surface area contributed by atoms with Crippen LogP contribution in [0, 0.1) is 20.8 Å². The lowest BCUT2D eigenvalue weighted by atomic mass is 10.1. The first kappa shape index (κ1) is 21.0. The van der Waals surface area contributed by atoms with E-state index in [2.05, 4.69) is 47.7 Å². The van der Waals surface area contributed by atoms with Gasteiger partial charge in [0.25, 0.3) is 0 Å². The van der Waals surface area contributed by atoms with Crippen molar-refractivity contribution in [1.82, 2.24) is 10.6 Å². The Kier molecular flexibility index (Phi) is 7.02. The fourth-order valence-electron chi connectivity index (χ4n) is 2.96. The molecular formula is C21H29N3O2S. The van der Waals surface area contributed by atoms with Gasteiger partial charge in [-0.25, -0.2) is 13.4 Å². The molecule has 0 aliphatic heterocycles. The van der Waals surface area contributed by atoms with Gasteiger partial charge in [0.15, 0.2) is 15.8 Å². The predicted molar refractivity (Wildman–Crippen MR) is 112 cm³/mol. The second kappa shape index (κ2) is 9.04. The molecule has 2 aromatic carbocycles. The average Bonchev–Trinajstić information content (AvgIpc) is 2.57. The van der Waals surface area contributed by atoms with Crippen LogP contribution >= 0.6 is 0 Å². The van der Waals surface area contributed by atoms with Crippen LogP contribution in [0.3, 0.4) is 0 Å². The standard InChI is InChI=1S/C21H29N3O2S/c1-6-22-21(24-14-19-9-7-15(2)11-16(19)3)23-13-18-8-10-20(17(4)12-18)27(5,25)26/h7-12H,6,13-14H2,1-5H3,(H2,22,23,24). The molecule has 2 N–H and O–H groups in total. The molecule has 6 heteroatoms. The summed E-state index contributed by atoms with van der Waals surface area (Å²) >= 11 is 0. The molecule has 2 aromatic rings. The van der Waals surface area contributed by atoms with Crippen molar-refractivity contribution in [2.75, 3.05) is 12.8 Å². The minimum atomic E-state index is -3.20. The van der Waals surface area contributed by atoms with Crippen LogP contribution in [0.5, 0.6) is 0 Å². The first-order valence-corrected chi connectivity index (χ1v) is 11.0. The Morgan fingerprint density at radius 3 is 2.33 bits per heavy atom. The number of hydrogen-bond donors (Lipinski definition) is 2. The molecule has 0 saturated carbocycles. The van der Waals surface area contributed by atoms with Crippen LogP contribution in [0.1, 0.15) is 34.7 Å². The summed E-state index contributed by atoms with van der Waals surface area (Å²) in [6.45, 7) is 9.99. The molecule has 0 spiro atoms. The maximum absolute atomic E-state index is 11.7. The average molecular weight is 388 g/mol. The molecular weight excluding hydrogens is 358 g/mol. The fourth-order valence-corrected chi connectivity index (χ4v) is 3.92. The van der Waals surface area contributed by atoms with Crippen LogP contribution in [-0.4, -0.2) is 27.2 Å². The van der Waals surface area contributed by atoms with E-state index in [9.17, 15) is 8.42 Å². The van der Waals surface area contributed by atoms with Gasteiger partial charge in [0.2, 0.25) is 0 Å². The third-order valence-electron chi connectivity index (χ3n) is 4.35. The molecule has 2 rings (SSSR count). The van der Waals surface area contributed by atoms with Gasteiger partial charge in [0.05, 0.1) is 11.4 Å². The van der Waals surface area contributed by atoms with Crippen molar-refractivity contribution in [1.29, 1.82) is 0 Å². The minimum absolute atomic E-state index is 0.370. The minimum Gasteiger partial charge on any atom is -0.357 e. The molecule has 0 aromatic heterocycles. The summed E-state index contributed by atoms with van der Waals surface area (Å²) in [6, 6.07) is 11.8. The summed E-state index contributed by atoms with van der Waals surface area (Å²) in [7, 11) is -3.20. The van der Waals surface area contributed by atoms with Crippen molar-refractivity contribution < 1.29 is 8.42 Å². The van der Waals surface area contributed by atoms with Crippen LogP contribution in [-0.2, 0) is 22.9 Å². The highest BCUT2D eigenvalue weighted by Gasteiger charge is 2.10. The molecule has 0 aliphatic rings. The topological polar surface area (TPSA) is 70.6 Å². The van der Waals surface area contributed by atoms with Gasteiger partial charge in [-0.15, -0.1) is 0 Å². The quantitative estimate of drug-likeness (QED) is 0.589. The van der Waals surface area contributed by atoms with Gasteiger partial charge in [-0.3, -0.25) is 0 Å². The fraction of sp³-hybridized carbons (Fsp3) is 0.381. The van der Waals surface area contributed by atoms with E-state index in [-0.39, 0.29) is 0 Å². The van der Waals surface area contributed by atoms with Gasteiger partial charge < -0.3 is 10.6 Å². The monoisotopic (exact) mass is 387 g/mol. The van der Waals surface area contributed by atoms with Gasteiger partial charge in [-0.1, -0.05) is 35.9 Å². The number of guanidine groups is 1. The molecule has 0 atom stereocenters. The SMILES string of the molecule is CCNC(=NCc1ccc(S(C)(=O)=O)c(C)c1)NCc1ccc(C)cc1C. The molecule has 0 unspecified atom stereocenters. The normalized spacial score (nSPS) is 12.1. The van der Waals surface area contributed by atoms with Crippen molar-refractivity contribution in [3.63, 3.8) is 0 Å². The lowest BCUT2D eigenvalue weighted by molar-refractivity contribution is 0.601. The Hall–Kier alpha value is -2.34. The first-order valence-electron chi connectivity index (χ1n) is 9.08. The van der Waals surface area contributed by atoms with Gasteiger partial charge >= 0.3 is 0 Å². The second-order valence-electron chi connectivity index (χ2n) is 6.85. The molecule has 0 aliphatic carbocycles. The van der Waals surface area contributed by atoms with Crippen molar-refractivity contribution >= 4 is 15.8 Å². The highest BCUT2D eigenvalue weighted by atomic mass is 32.2. The number of aryl methyl sites for hydroxylation is 3. The highest BCUT2D eigenvalue weighted by molar-refractivity contribution is 7.90. The summed E-state index contributed by atoms with van der Waals surface area (Å²) in [4.78, 5) is 4.99. The number of rotatable bonds is 6. The van der Waals surface area contributed by atoms with E-state index in [1.807, 2.05) is 26.0 Å². The van der Waals surface area contributed by atoms with Crippen LogP contribution in [0.15, 0.2) is 46.3 Å². The predicted octanol–water partition coefficient (Wildman–Crippen LogP) is 3.27. The van der Waals surface area contributed by atoms with E-state index in [0.29, 0.717) is 18.0 Å². The maximum atomic E-state index is 11.7. The number of benzene rings is 2. The molecule has 27 heavy (non-hydrogen) atoms. The van der Waals surface area contributed by atoms with Crippen LogP contribution in [0.2, 0.25) is 0 Å². The summed E-state index contributed by atoms with van der Waals surface area (Å²) in [5.74, 6) is 0.738. The van der Waals surface area contributed by atoms with E-state index in [0.717, 1.165) is 23.6 Å². The molecule has 0 saturated heterocycles. The second-order valence-corrected chi connectivity index (χ2v) is 8.83. The van der Waals surface area contributed by atoms with Crippen molar-refractivity contribution in [2.24, 2.45) is 4.99 Å². The molecule has 5 nitrogen and oxygen atoms in total. The zero-order valence-electron chi connectivity index (χ0n) is 16.8. The van der Waals surface area contributed by atoms with Crippen LogP contribution < -0.4 is 10.6 Å². The number of nitrogens with one attached hydrogen (secondary N) is 2. The molecule has 0 radical (unpaired) electrons. The summed E-state index contributed by atoms with van der Waals surface area (Å²) < 4.78 is 23.5. The third kappa shape index (κ3) is 6.10. The smallest absolute Gasteiger partial charge is 0.191 e. The van der Waals surface area contributed by atoms with E-state index < -0.39 is 9.84 Å². The first-order chi connectivity index (χ1) is 12.7. The van der Waals surface area contributed by atoms with Gasteiger partial charge in [-0.05, 0) is 56.0 Å². The molecule has 0 bridgehead atoms. The summed E-state index contributed by atoms with van der Waals surface area (Å²) in [6.07, 6.45) is 1.23. The van der Waals surface area contributed by atoms with Crippen LogP contribution in [0.25, 0.3) is 0 Å². The number of hydrogen-bond acceptors (Lipinski definition) is 3. The van der Waals surface area contributed by atoms with E-state index in [1.54, 1.807) is 6.07 Å². The lowest BCUT2D eigenvalue weighted by Gasteiger charge is -2.13. The molecule has 146 valence electrons. The number of aliphatic imine (C=N–C) groups is 1. The van der Waals surface area contributed by atoms with E-state index in [1.165, 1.54) is 22.9 Å². The lowest BCUT2D eigenvalue weighted by Crippen LogP contribution is -2.36. The van der Waals surface area contributed by atoms with Crippen molar-refractivity contribution in [2.45, 2.75) is 45.7 Å². The Morgan fingerprint density at radius 1 is 1.00 bits per heavy atom. The number of nitrogens with zero attached hydrogens (tertiary/aromatic N) is 1. The Morgan fingerprint density at radius 2 is 1.74 bits per heavy atom. The third-order valence-corrected chi connectivity index (χ3v) is 5.60.